The van der Waals surface area contributed by atoms with Gasteiger partial charge in [-0.2, -0.15) is 0 Å². The number of nitrogens with one attached hydrogen (secondary N) is 1. The van der Waals surface area contributed by atoms with Crippen LogP contribution in [0.3, 0.4) is 0 Å². The molecule has 1 rings (SSSR count). The first-order chi connectivity index (χ1) is 8.62. The summed E-state index contributed by atoms with van der Waals surface area (Å²) < 4.78 is 4.97. The van der Waals surface area contributed by atoms with Crippen LogP contribution in [0.4, 0.5) is 5.69 Å². The molecule has 0 saturated carbocycles. The van der Waals surface area contributed by atoms with Crippen LogP contribution in [0, 0.1) is 0 Å². The molecule has 1 amide bonds. The highest BCUT2D eigenvalue weighted by atomic mass is 16.5. The van der Waals surface area contributed by atoms with E-state index in [0.29, 0.717) is 11.4 Å². The molecule has 7 nitrogen and oxygen atoms in total. The Morgan fingerprint density at radius 1 is 1.22 bits per heavy atom. The molecule has 1 aromatic rings. The van der Waals surface area contributed by atoms with E-state index in [1.807, 2.05) is 0 Å². The molecule has 0 aliphatic rings. The fourth-order valence-corrected chi connectivity index (χ4v) is 1.19. The van der Waals surface area contributed by atoms with Crippen LogP contribution in [0.15, 0.2) is 34.6 Å². The molecule has 0 saturated heterocycles. The average Bonchev–Trinajstić information content (AvgIpc) is 2.40. The van der Waals surface area contributed by atoms with Gasteiger partial charge in [0.05, 0.1) is 7.11 Å². The minimum Gasteiger partial charge on any atom is -0.497 e. The summed E-state index contributed by atoms with van der Waals surface area (Å²) in [7, 11) is 1.53. The molecular formula is C11H13N3O4. The van der Waals surface area contributed by atoms with Gasteiger partial charge in [0.1, 0.15) is 11.5 Å². The lowest BCUT2D eigenvalue weighted by molar-refractivity contribution is -0.110. The third kappa shape index (κ3) is 3.21. The number of benzene rings is 1. The van der Waals surface area contributed by atoms with Crippen molar-refractivity contribution in [3.05, 3.63) is 24.3 Å². The second kappa shape index (κ2) is 6.24. The number of hydrogen-bond acceptors (Lipinski definition) is 6. The molecule has 3 N–H and O–H groups in total. The van der Waals surface area contributed by atoms with Gasteiger partial charge in [0.15, 0.2) is 5.71 Å². The summed E-state index contributed by atoms with van der Waals surface area (Å²) in [5.41, 5.74) is 0.0320. The minimum absolute atomic E-state index is 0.0940. The first-order valence-corrected chi connectivity index (χ1v) is 4.99. The van der Waals surface area contributed by atoms with E-state index in [9.17, 15) is 4.79 Å². The molecule has 18 heavy (non-hydrogen) atoms. The van der Waals surface area contributed by atoms with Crippen molar-refractivity contribution in [3.63, 3.8) is 0 Å². The SMILES string of the molecule is COc1ccc(NC(=O)C(=NO)C(C)=NO)cc1. The Balaban J connectivity index is 2.80. The first kappa shape index (κ1) is 13.5. The van der Waals surface area contributed by atoms with E-state index in [0.717, 1.165) is 0 Å². The normalized spacial score (nSPS) is 12.1. The maximum absolute atomic E-state index is 11.7. The van der Waals surface area contributed by atoms with Gasteiger partial charge in [-0.05, 0) is 31.2 Å². The summed E-state index contributed by atoms with van der Waals surface area (Å²) in [4.78, 5) is 11.7. The van der Waals surface area contributed by atoms with Gasteiger partial charge in [0, 0.05) is 5.69 Å². The topological polar surface area (TPSA) is 104 Å². The van der Waals surface area contributed by atoms with Crippen molar-refractivity contribution in [1.29, 1.82) is 0 Å². The second-order valence-corrected chi connectivity index (χ2v) is 3.32. The van der Waals surface area contributed by atoms with Crippen LogP contribution < -0.4 is 10.1 Å². The van der Waals surface area contributed by atoms with Gasteiger partial charge in [-0.3, -0.25) is 4.79 Å². The summed E-state index contributed by atoms with van der Waals surface area (Å²) >= 11 is 0. The predicted molar refractivity (Wildman–Crippen MR) is 65.7 cm³/mol. The number of nitrogens with zero attached hydrogens (tertiary/aromatic N) is 2. The Labute approximate surface area is 103 Å². The fourth-order valence-electron chi connectivity index (χ4n) is 1.19. The number of oxime groups is 2. The molecule has 0 bridgehead atoms. The van der Waals surface area contributed by atoms with E-state index in [1.165, 1.54) is 14.0 Å². The Morgan fingerprint density at radius 2 is 1.83 bits per heavy atom. The lowest BCUT2D eigenvalue weighted by atomic mass is 10.2. The van der Waals surface area contributed by atoms with Gasteiger partial charge in [-0.1, -0.05) is 10.3 Å². The largest absolute Gasteiger partial charge is 0.497 e. The highest BCUT2D eigenvalue weighted by molar-refractivity contribution is 6.68. The van der Waals surface area contributed by atoms with Gasteiger partial charge in [0.25, 0.3) is 5.91 Å². The molecule has 0 heterocycles. The summed E-state index contributed by atoms with van der Waals surface area (Å²) in [6.07, 6.45) is 0. The number of carbonyl (C=O) groups is 1. The first-order valence-electron chi connectivity index (χ1n) is 4.99. The molecule has 0 radical (unpaired) electrons. The zero-order chi connectivity index (χ0) is 13.5. The van der Waals surface area contributed by atoms with Gasteiger partial charge >= 0.3 is 0 Å². The number of rotatable bonds is 4. The van der Waals surface area contributed by atoms with Crippen LogP contribution in [-0.2, 0) is 4.79 Å². The summed E-state index contributed by atoms with van der Waals surface area (Å²) in [5.74, 6) is -0.0323. The number of hydrogen-bond donors (Lipinski definition) is 3. The molecular weight excluding hydrogens is 238 g/mol. The second-order valence-electron chi connectivity index (χ2n) is 3.32. The van der Waals surface area contributed by atoms with Crippen LogP contribution in [0.2, 0.25) is 0 Å². The number of ether oxygens (including phenoxy) is 1. The Morgan fingerprint density at radius 3 is 2.28 bits per heavy atom. The smallest absolute Gasteiger partial charge is 0.279 e. The van der Waals surface area contributed by atoms with Crippen LogP contribution in [0.25, 0.3) is 0 Å². The minimum atomic E-state index is -0.682. The lowest BCUT2D eigenvalue weighted by Crippen LogP contribution is -2.28. The summed E-state index contributed by atoms with van der Waals surface area (Å²) in [6, 6.07) is 6.57. The van der Waals surface area contributed by atoms with Crippen molar-refractivity contribution in [3.8, 4) is 5.75 Å². The Hall–Kier alpha value is -2.57. The van der Waals surface area contributed by atoms with E-state index in [4.69, 9.17) is 15.2 Å². The molecule has 0 aliphatic carbocycles. The number of anilines is 1. The van der Waals surface area contributed by atoms with E-state index in [-0.39, 0.29) is 11.4 Å². The molecule has 0 atom stereocenters. The van der Waals surface area contributed by atoms with Crippen LogP contribution >= 0.6 is 0 Å². The predicted octanol–water partition coefficient (Wildman–Crippen LogP) is 1.31. The van der Waals surface area contributed by atoms with E-state index < -0.39 is 5.91 Å². The Bertz CT molecular complexity index is 480. The fraction of sp³-hybridized carbons (Fsp3) is 0.182. The molecule has 0 unspecified atom stereocenters. The van der Waals surface area contributed by atoms with Crippen LogP contribution in [-0.4, -0.2) is 34.9 Å². The van der Waals surface area contributed by atoms with Crippen LogP contribution in [0.1, 0.15) is 6.92 Å². The molecule has 0 aliphatic heterocycles. The molecule has 0 spiro atoms. The monoisotopic (exact) mass is 251 g/mol. The molecule has 96 valence electrons. The van der Waals surface area contributed by atoms with Crippen molar-refractivity contribution < 1.29 is 19.9 Å². The lowest BCUT2D eigenvalue weighted by Gasteiger charge is -2.06. The van der Waals surface area contributed by atoms with E-state index >= 15 is 0 Å². The standard InChI is InChI=1S/C11H13N3O4/c1-7(13-16)10(14-17)11(15)12-8-3-5-9(18-2)6-4-8/h3-6,16-17H,1-2H3,(H,12,15). The summed E-state index contributed by atoms with van der Waals surface area (Å²) in [6.45, 7) is 1.34. The van der Waals surface area contributed by atoms with Gasteiger partial charge in [0.2, 0.25) is 0 Å². The van der Waals surface area contributed by atoms with Gasteiger partial charge < -0.3 is 20.5 Å². The van der Waals surface area contributed by atoms with Crippen molar-refractivity contribution in [2.75, 3.05) is 12.4 Å². The van der Waals surface area contributed by atoms with Crippen molar-refractivity contribution >= 4 is 23.0 Å². The Kier molecular flexibility index (Phi) is 4.67. The highest BCUT2D eigenvalue weighted by Crippen LogP contribution is 2.14. The molecule has 7 heteroatoms. The molecule has 0 aromatic heterocycles. The molecule has 1 aromatic carbocycles. The van der Waals surface area contributed by atoms with Gasteiger partial charge in [-0.15, -0.1) is 0 Å². The average molecular weight is 251 g/mol. The highest BCUT2D eigenvalue weighted by Gasteiger charge is 2.16. The zero-order valence-electron chi connectivity index (χ0n) is 9.91. The van der Waals surface area contributed by atoms with Crippen molar-refractivity contribution in [1.82, 2.24) is 0 Å². The number of carbonyl (C=O) groups excluding carboxylic acids is 1. The summed E-state index contributed by atoms with van der Waals surface area (Å²) in [5, 5.41) is 25.2. The van der Waals surface area contributed by atoms with E-state index in [2.05, 4.69) is 15.6 Å². The van der Waals surface area contributed by atoms with Crippen molar-refractivity contribution in [2.24, 2.45) is 10.3 Å². The van der Waals surface area contributed by atoms with Gasteiger partial charge in [-0.25, -0.2) is 0 Å². The maximum Gasteiger partial charge on any atom is 0.279 e. The number of amides is 1. The third-order valence-electron chi connectivity index (χ3n) is 2.16. The maximum atomic E-state index is 11.7. The van der Waals surface area contributed by atoms with Crippen LogP contribution in [0.5, 0.6) is 5.75 Å². The number of methoxy groups -OCH3 is 1. The zero-order valence-corrected chi connectivity index (χ0v) is 9.91. The van der Waals surface area contributed by atoms with Crippen molar-refractivity contribution in [2.45, 2.75) is 6.92 Å². The third-order valence-corrected chi connectivity index (χ3v) is 2.16. The molecule has 0 fully saturated rings. The quantitative estimate of drug-likeness (QED) is 0.426. The van der Waals surface area contributed by atoms with E-state index in [1.54, 1.807) is 24.3 Å².